The van der Waals surface area contributed by atoms with E-state index in [-0.39, 0.29) is 17.4 Å². The number of carbonyl (C=O) groups is 1. The van der Waals surface area contributed by atoms with Crippen LogP contribution in [0, 0.1) is 5.82 Å². The van der Waals surface area contributed by atoms with Gasteiger partial charge in [-0.2, -0.15) is 11.3 Å². The molecule has 1 heterocycles. The summed E-state index contributed by atoms with van der Waals surface area (Å²) in [4.78, 5) is 11.9. The van der Waals surface area contributed by atoms with Gasteiger partial charge in [0.05, 0.1) is 5.56 Å². The molecule has 1 aromatic heterocycles. The molecule has 1 atom stereocenters. The molecule has 1 unspecified atom stereocenters. The predicted octanol–water partition coefficient (Wildman–Crippen LogP) is 2.95. The van der Waals surface area contributed by atoms with E-state index in [1.54, 1.807) is 11.3 Å². The first-order valence-electron chi connectivity index (χ1n) is 5.86. The lowest BCUT2D eigenvalue weighted by atomic mass is 10.1. The van der Waals surface area contributed by atoms with Crippen LogP contribution in [-0.4, -0.2) is 17.1 Å². The first-order valence-corrected chi connectivity index (χ1v) is 6.81. The van der Waals surface area contributed by atoms with Gasteiger partial charge >= 0.3 is 0 Å². The Bertz CT molecular complexity index is 569. The molecule has 2 rings (SSSR count). The van der Waals surface area contributed by atoms with E-state index in [0.717, 1.165) is 11.6 Å². The second-order valence-electron chi connectivity index (χ2n) is 4.37. The van der Waals surface area contributed by atoms with Gasteiger partial charge in [-0.05, 0) is 47.9 Å². The van der Waals surface area contributed by atoms with Crippen LogP contribution in [0.15, 0.2) is 35.0 Å². The average molecular weight is 279 g/mol. The van der Waals surface area contributed by atoms with Crippen LogP contribution >= 0.6 is 11.3 Å². The molecule has 19 heavy (non-hydrogen) atoms. The van der Waals surface area contributed by atoms with Gasteiger partial charge in [0, 0.05) is 12.1 Å². The Balaban J connectivity index is 2.00. The minimum absolute atomic E-state index is 0.0602. The van der Waals surface area contributed by atoms with Crippen LogP contribution in [0.5, 0.6) is 5.75 Å². The molecule has 0 radical (unpaired) electrons. The SMILES string of the molecule is CC(Cc1ccsc1)NC(=O)c1ccc(O)cc1F. The molecule has 0 saturated heterocycles. The zero-order chi connectivity index (χ0) is 13.8. The smallest absolute Gasteiger partial charge is 0.254 e. The number of phenolic OH excluding ortho intramolecular Hbond substituents is 1. The third-order valence-electron chi connectivity index (χ3n) is 2.70. The number of amides is 1. The number of nitrogens with one attached hydrogen (secondary N) is 1. The maximum absolute atomic E-state index is 13.5. The van der Waals surface area contributed by atoms with E-state index in [4.69, 9.17) is 5.11 Å². The van der Waals surface area contributed by atoms with E-state index in [1.807, 2.05) is 23.8 Å². The summed E-state index contributed by atoms with van der Waals surface area (Å²) in [6, 6.07) is 5.40. The zero-order valence-electron chi connectivity index (χ0n) is 10.4. The Morgan fingerprint density at radius 2 is 2.26 bits per heavy atom. The molecule has 0 aliphatic rings. The van der Waals surface area contributed by atoms with Crippen molar-refractivity contribution in [3.05, 3.63) is 52.0 Å². The molecular formula is C14H14FNO2S. The molecule has 5 heteroatoms. The summed E-state index contributed by atoms with van der Waals surface area (Å²) >= 11 is 1.60. The van der Waals surface area contributed by atoms with Crippen molar-refractivity contribution < 1.29 is 14.3 Å². The molecule has 0 spiro atoms. The van der Waals surface area contributed by atoms with Crippen molar-refractivity contribution in [1.29, 1.82) is 0 Å². The van der Waals surface area contributed by atoms with Crippen LogP contribution in [0.2, 0.25) is 0 Å². The van der Waals surface area contributed by atoms with Crippen LogP contribution < -0.4 is 5.32 Å². The van der Waals surface area contributed by atoms with Crippen molar-refractivity contribution in [2.24, 2.45) is 0 Å². The highest BCUT2D eigenvalue weighted by atomic mass is 32.1. The highest BCUT2D eigenvalue weighted by Crippen LogP contribution is 2.15. The fourth-order valence-corrected chi connectivity index (χ4v) is 2.48. The first kappa shape index (κ1) is 13.5. The minimum atomic E-state index is -0.722. The van der Waals surface area contributed by atoms with Crippen LogP contribution in [0.3, 0.4) is 0 Å². The van der Waals surface area contributed by atoms with Crippen LogP contribution in [0.25, 0.3) is 0 Å². The van der Waals surface area contributed by atoms with E-state index in [1.165, 1.54) is 12.1 Å². The zero-order valence-corrected chi connectivity index (χ0v) is 11.2. The Hall–Kier alpha value is -1.88. The van der Waals surface area contributed by atoms with Gasteiger partial charge in [-0.3, -0.25) is 4.79 Å². The number of rotatable bonds is 4. The molecule has 1 amide bonds. The monoisotopic (exact) mass is 279 g/mol. The highest BCUT2D eigenvalue weighted by Gasteiger charge is 2.14. The van der Waals surface area contributed by atoms with Gasteiger partial charge in [-0.15, -0.1) is 0 Å². The predicted molar refractivity (Wildman–Crippen MR) is 73.0 cm³/mol. The van der Waals surface area contributed by atoms with E-state index in [9.17, 15) is 9.18 Å². The Morgan fingerprint density at radius 1 is 1.47 bits per heavy atom. The van der Waals surface area contributed by atoms with E-state index in [2.05, 4.69) is 5.32 Å². The largest absolute Gasteiger partial charge is 0.508 e. The number of benzene rings is 1. The second-order valence-corrected chi connectivity index (χ2v) is 5.15. The number of halogens is 1. The van der Waals surface area contributed by atoms with Crippen LogP contribution in [-0.2, 0) is 6.42 Å². The van der Waals surface area contributed by atoms with Gasteiger partial charge in [0.15, 0.2) is 0 Å². The summed E-state index contributed by atoms with van der Waals surface area (Å²) in [5.74, 6) is -1.39. The quantitative estimate of drug-likeness (QED) is 0.904. The van der Waals surface area contributed by atoms with Gasteiger partial charge in [-0.1, -0.05) is 0 Å². The van der Waals surface area contributed by atoms with Gasteiger partial charge in [0.2, 0.25) is 0 Å². The highest BCUT2D eigenvalue weighted by molar-refractivity contribution is 7.07. The standard InChI is InChI=1S/C14H14FNO2S/c1-9(6-10-4-5-19-8-10)16-14(18)12-3-2-11(17)7-13(12)15/h2-5,7-9,17H,6H2,1H3,(H,16,18). The summed E-state index contributed by atoms with van der Waals surface area (Å²) in [6.07, 6.45) is 0.703. The number of thiophene rings is 1. The van der Waals surface area contributed by atoms with Crippen molar-refractivity contribution >= 4 is 17.2 Å². The fraction of sp³-hybridized carbons (Fsp3) is 0.214. The second kappa shape index (κ2) is 5.84. The summed E-state index contributed by atoms with van der Waals surface area (Å²) < 4.78 is 13.5. The lowest BCUT2D eigenvalue weighted by Gasteiger charge is -2.13. The average Bonchev–Trinajstić information content (AvgIpc) is 2.81. The molecule has 0 bridgehead atoms. The number of carbonyl (C=O) groups excluding carboxylic acids is 1. The van der Waals surface area contributed by atoms with Crippen molar-refractivity contribution in [3.63, 3.8) is 0 Å². The first-order chi connectivity index (χ1) is 9.06. The minimum Gasteiger partial charge on any atom is -0.508 e. The maximum Gasteiger partial charge on any atom is 0.254 e. The van der Waals surface area contributed by atoms with E-state index in [0.29, 0.717) is 6.42 Å². The third-order valence-corrected chi connectivity index (χ3v) is 3.43. The summed E-state index contributed by atoms with van der Waals surface area (Å²) in [7, 11) is 0. The number of hydrogen-bond donors (Lipinski definition) is 2. The molecule has 0 aliphatic heterocycles. The Labute approximate surface area is 114 Å². The number of aromatic hydroxyl groups is 1. The van der Waals surface area contributed by atoms with Crippen molar-refractivity contribution in [2.75, 3.05) is 0 Å². The van der Waals surface area contributed by atoms with Gasteiger partial charge < -0.3 is 10.4 Å². The van der Waals surface area contributed by atoms with Crippen LogP contribution in [0.1, 0.15) is 22.8 Å². The molecule has 3 nitrogen and oxygen atoms in total. The topological polar surface area (TPSA) is 49.3 Å². The van der Waals surface area contributed by atoms with Crippen LogP contribution in [0.4, 0.5) is 4.39 Å². The molecule has 0 fully saturated rings. The molecule has 100 valence electrons. The molecule has 2 N–H and O–H groups in total. The van der Waals surface area contributed by atoms with Crippen molar-refractivity contribution in [2.45, 2.75) is 19.4 Å². The maximum atomic E-state index is 13.5. The summed E-state index contributed by atoms with van der Waals surface area (Å²) in [6.45, 7) is 1.87. The lowest BCUT2D eigenvalue weighted by Crippen LogP contribution is -2.34. The molecule has 1 aromatic carbocycles. The number of phenols is 1. The van der Waals surface area contributed by atoms with E-state index < -0.39 is 11.7 Å². The number of hydrogen-bond acceptors (Lipinski definition) is 3. The molecular weight excluding hydrogens is 265 g/mol. The summed E-state index contributed by atoms with van der Waals surface area (Å²) in [5, 5.41) is 15.8. The molecule has 2 aromatic rings. The third kappa shape index (κ3) is 3.54. The Morgan fingerprint density at radius 3 is 2.89 bits per heavy atom. The van der Waals surface area contributed by atoms with Crippen molar-refractivity contribution in [3.8, 4) is 5.75 Å². The molecule has 0 saturated carbocycles. The van der Waals surface area contributed by atoms with Gasteiger partial charge in [0.25, 0.3) is 5.91 Å². The summed E-state index contributed by atoms with van der Waals surface area (Å²) in [5.41, 5.74) is 1.08. The fourth-order valence-electron chi connectivity index (χ4n) is 1.80. The van der Waals surface area contributed by atoms with Gasteiger partial charge in [-0.25, -0.2) is 4.39 Å². The Kier molecular flexibility index (Phi) is 4.16. The van der Waals surface area contributed by atoms with E-state index >= 15 is 0 Å². The molecule has 0 aliphatic carbocycles. The lowest BCUT2D eigenvalue weighted by molar-refractivity contribution is 0.0936. The van der Waals surface area contributed by atoms with Gasteiger partial charge in [0.1, 0.15) is 11.6 Å². The normalized spacial score (nSPS) is 12.1. The van der Waals surface area contributed by atoms with Crippen molar-refractivity contribution in [1.82, 2.24) is 5.32 Å².